The van der Waals surface area contributed by atoms with E-state index in [4.69, 9.17) is 0 Å². The van der Waals surface area contributed by atoms with Crippen molar-refractivity contribution in [3.05, 3.63) is 69.4 Å². The summed E-state index contributed by atoms with van der Waals surface area (Å²) in [7, 11) is 0. The van der Waals surface area contributed by atoms with Crippen LogP contribution in [0, 0.1) is 6.92 Å². The first-order valence-corrected chi connectivity index (χ1v) is 9.34. The predicted molar refractivity (Wildman–Crippen MR) is 97.8 cm³/mol. The third-order valence-corrected chi connectivity index (χ3v) is 5.51. The zero-order valence-corrected chi connectivity index (χ0v) is 14.9. The van der Waals surface area contributed by atoms with Gasteiger partial charge in [-0.1, -0.05) is 12.1 Å². The minimum Gasteiger partial charge on any atom is -0.344 e. The number of thiazole rings is 1. The van der Waals surface area contributed by atoms with Crippen molar-refractivity contribution in [2.24, 2.45) is 0 Å². The van der Waals surface area contributed by atoms with Gasteiger partial charge >= 0.3 is 0 Å². The molecule has 1 aliphatic carbocycles. The average molecular weight is 352 g/mol. The number of hydrogen-bond donors (Lipinski definition) is 1. The Labute approximate surface area is 150 Å². The van der Waals surface area contributed by atoms with Gasteiger partial charge in [0, 0.05) is 22.8 Å². The first-order valence-electron chi connectivity index (χ1n) is 8.52. The molecule has 4 rings (SSSR count). The van der Waals surface area contributed by atoms with Crippen molar-refractivity contribution < 1.29 is 4.79 Å². The molecule has 25 heavy (non-hydrogen) atoms. The standard InChI is InChI=1S/C19H20N4OS/c1-13-21-18-16(7-3-8-17(18)25-13)22-19(24)15-6-2-5-14(11-15)12-23-10-4-9-20-23/h2,4-6,9-11,16H,3,7-8,12H2,1H3,(H,22,24)/t16-/m0/s1. The number of rotatable bonds is 4. The Balaban J connectivity index is 1.50. The summed E-state index contributed by atoms with van der Waals surface area (Å²) in [6.07, 6.45) is 6.80. The maximum Gasteiger partial charge on any atom is 0.251 e. The molecule has 0 saturated heterocycles. The van der Waals surface area contributed by atoms with Crippen LogP contribution < -0.4 is 5.32 Å². The summed E-state index contributed by atoms with van der Waals surface area (Å²) in [4.78, 5) is 18.7. The molecule has 1 amide bonds. The van der Waals surface area contributed by atoms with Crippen LogP contribution in [0.5, 0.6) is 0 Å². The molecule has 0 aliphatic heterocycles. The number of fused-ring (bicyclic) bond motifs is 1. The van der Waals surface area contributed by atoms with Crippen LogP contribution >= 0.6 is 11.3 Å². The van der Waals surface area contributed by atoms with Gasteiger partial charge in [0.2, 0.25) is 0 Å². The molecule has 0 bridgehead atoms. The van der Waals surface area contributed by atoms with Crippen LogP contribution in [-0.4, -0.2) is 20.7 Å². The fourth-order valence-electron chi connectivity index (χ4n) is 3.31. The number of hydrogen-bond acceptors (Lipinski definition) is 4. The number of aromatic nitrogens is 3. The maximum absolute atomic E-state index is 12.7. The van der Waals surface area contributed by atoms with Gasteiger partial charge in [-0.15, -0.1) is 11.3 Å². The fraction of sp³-hybridized carbons (Fsp3) is 0.316. The van der Waals surface area contributed by atoms with Crippen molar-refractivity contribution in [1.29, 1.82) is 0 Å². The first-order chi connectivity index (χ1) is 12.2. The van der Waals surface area contributed by atoms with E-state index in [0.29, 0.717) is 12.1 Å². The van der Waals surface area contributed by atoms with E-state index < -0.39 is 0 Å². The highest BCUT2D eigenvalue weighted by Gasteiger charge is 2.25. The number of carbonyl (C=O) groups excluding carboxylic acids is 1. The number of nitrogens with one attached hydrogen (secondary N) is 1. The van der Waals surface area contributed by atoms with Gasteiger partial charge in [0.25, 0.3) is 5.91 Å². The van der Waals surface area contributed by atoms with E-state index in [1.807, 2.05) is 48.1 Å². The summed E-state index contributed by atoms with van der Waals surface area (Å²) in [5, 5.41) is 8.47. The van der Waals surface area contributed by atoms with Crippen molar-refractivity contribution >= 4 is 17.2 Å². The summed E-state index contributed by atoms with van der Waals surface area (Å²) in [6, 6.07) is 9.66. The number of aryl methyl sites for hydroxylation is 2. The molecule has 0 saturated carbocycles. The Morgan fingerprint density at radius 1 is 1.40 bits per heavy atom. The molecule has 1 N–H and O–H groups in total. The van der Waals surface area contributed by atoms with Gasteiger partial charge < -0.3 is 5.32 Å². The van der Waals surface area contributed by atoms with Crippen molar-refractivity contribution in [3.8, 4) is 0 Å². The van der Waals surface area contributed by atoms with E-state index in [1.165, 1.54) is 4.88 Å². The summed E-state index contributed by atoms with van der Waals surface area (Å²) in [6.45, 7) is 2.69. The van der Waals surface area contributed by atoms with Crippen molar-refractivity contribution in [3.63, 3.8) is 0 Å². The third kappa shape index (κ3) is 3.49. The van der Waals surface area contributed by atoms with Crippen LogP contribution in [0.4, 0.5) is 0 Å². The minimum atomic E-state index is -0.0363. The second kappa shape index (κ2) is 6.80. The van der Waals surface area contributed by atoms with E-state index >= 15 is 0 Å². The Hall–Kier alpha value is -2.47. The molecule has 0 unspecified atom stereocenters. The van der Waals surface area contributed by atoms with Gasteiger partial charge in [-0.05, 0) is 49.9 Å². The molecule has 3 aromatic rings. The van der Waals surface area contributed by atoms with E-state index in [0.717, 1.165) is 35.5 Å². The molecule has 5 nitrogen and oxygen atoms in total. The Kier molecular flexibility index (Phi) is 4.36. The van der Waals surface area contributed by atoms with Crippen molar-refractivity contribution in [2.75, 3.05) is 0 Å². The second-order valence-corrected chi connectivity index (χ2v) is 7.65. The smallest absolute Gasteiger partial charge is 0.251 e. The van der Waals surface area contributed by atoms with Gasteiger partial charge in [-0.2, -0.15) is 5.10 Å². The predicted octanol–water partition coefficient (Wildman–Crippen LogP) is 3.50. The SMILES string of the molecule is Cc1nc2c(s1)CCC[C@@H]2NC(=O)c1cccc(Cn2cccn2)c1. The third-order valence-electron chi connectivity index (χ3n) is 4.46. The molecule has 1 atom stereocenters. The molecule has 6 heteroatoms. The van der Waals surface area contributed by atoms with E-state index in [-0.39, 0.29) is 11.9 Å². The van der Waals surface area contributed by atoms with Gasteiger partial charge in [0.05, 0.1) is 23.3 Å². The van der Waals surface area contributed by atoms with Crippen molar-refractivity contribution in [2.45, 2.75) is 38.8 Å². The van der Waals surface area contributed by atoms with Gasteiger partial charge in [0.1, 0.15) is 0 Å². The molecule has 0 spiro atoms. The molecule has 128 valence electrons. The highest BCUT2D eigenvalue weighted by Crippen LogP contribution is 2.33. The highest BCUT2D eigenvalue weighted by atomic mass is 32.1. The lowest BCUT2D eigenvalue weighted by molar-refractivity contribution is 0.0932. The summed E-state index contributed by atoms with van der Waals surface area (Å²) in [5.74, 6) is -0.0363. The monoisotopic (exact) mass is 352 g/mol. The minimum absolute atomic E-state index is 0.0240. The topological polar surface area (TPSA) is 59.8 Å². The zero-order chi connectivity index (χ0) is 17.2. The average Bonchev–Trinajstić information content (AvgIpc) is 3.24. The normalized spacial score (nSPS) is 16.4. The lowest BCUT2D eigenvalue weighted by Gasteiger charge is -2.22. The van der Waals surface area contributed by atoms with Crippen molar-refractivity contribution in [1.82, 2.24) is 20.1 Å². The van der Waals surface area contributed by atoms with Gasteiger partial charge in [-0.25, -0.2) is 4.98 Å². The molecule has 1 aromatic carbocycles. The Morgan fingerprint density at radius 3 is 3.16 bits per heavy atom. The quantitative estimate of drug-likeness (QED) is 0.782. The van der Waals surface area contributed by atoms with Gasteiger partial charge in [0.15, 0.2) is 0 Å². The van der Waals surface area contributed by atoms with Crippen LogP contribution in [-0.2, 0) is 13.0 Å². The Morgan fingerprint density at radius 2 is 2.32 bits per heavy atom. The highest BCUT2D eigenvalue weighted by molar-refractivity contribution is 7.11. The number of benzene rings is 1. The largest absolute Gasteiger partial charge is 0.344 e. The molecule has 2 heterocycles. The molecular formula is C19H20N4OS. The summed E-state index contributed by atoms with van der Waals surface area (Å²) < 4.78 is 1.85. The van der Waals surface area contributed by atoms with Crippen LogP contribution in [0.2, 0.25) is 0 Å². The number of carbonyl (C=O) groups is 1. The zero-order valence-electron chi connectivity index (χ0n) is 14.1. The van der Waals surface area contributed by atoms with Crippen LogP contribution in [0.1, 0.15) is 50.4 Å². The molecule has 0 radical (unpaired) electrons. The lowest BCUT2D eigenvalue weighted by atomic mass is 9.97. The maximum atomic E-state index is 12.7. The first kappa shape index (κ1) is 16.0. The van der Waals surface area contributed by atoms with E-state index in [2.05, 4.69) is 15.4 Å². The summed E-state index contributed by atoms with van der Waals surface area (Å²) in [5.41, 5.74) is 2.81. The molecule has 1 aliphatic rings. The van der Waals surface area contributed by atoms with Crippen LogP contribution in [0.25, 0.3) is 0 Å². The van der Waals surface area contributed by atoms with Crippen LogP contribution in [0.15, 0.2) is 42.7 Å². The molecule has 0 fully saturated rings. The van der Waals surface area contributed by atoms with Crippen LogP contribution in [0.3, 0.4) is 0 Å². The number of amides is 1. The number of nitrogens with zero attached hydrogens (tertiary/aromatic N) is 3. The fourth-order valence-corrected chi connectivity index (χ4v) is 4.35. The summed E-state index contributed by atoms with van der Waals surface area (Å²) >= 11 is 1.75. The molecule has 2 aromatic heterocycles. The Bertz CT molecular complexity index is 885. The van der Waals surface area contributed by atoms with E-state index in [9.17, 15) is 4.79 Å². The molecular weight excluding hydrogens is 332 g/mol. The lowest BCUT2D eigenvalue weighted by Crippen LogP contribution is -2.31. The second-order valence-electron chi connectivity index (χ2n) is 6.36. The van der Waals surface area contributed by atoms with E-state index in [1.54, 1.807) is 17.5 Å². The van der Waals surface area contributed by atoms with Gasteiger partial charge in [-0.3, -0.25) is 9.48 Å².